The molecule has 0 aliphatic carbocycles. The Labute approximate surface area is 153 Å². The number of aliphatic hydroxyl groups excluding tert-OH is 1. The van der Waals surface area contributed by atoms with Gasteiger partial charge in [-0.1, -0.05) is 0 Å². The molecule has 2 aliphatic rings. The standard InChI is InChI=1S/C12H19N7O7S/c13-11(14)15-4-7(20)3-9-16-17-10(25-9)8-2-1-6-5-18(8)12(21)19(6)26-27(22,23)24/h6-8,20H,1-5H2,(H4,13,14,15)(H,22,23,24)/t6-,7+,8+/m1/s1. The molecule has 14 nitrogen and oxygen atoms in total. The number of guanidine groups is 1. The fourth-order valence-electron chi connectivity index (χ4n) is 3.05. The van der Waals surface area contributed by atoms with Gasteiger partial charge >= 0.3 is 16.4 Å². The molecule has 3 atom stereocenters. The van der Waals surface area contributed by atoms with Gasteiger partial charge in [0.15, 0.2) is 5.96 Å². The van der Waals surface area contributed by atoms with Crippen molar-refractivity contribution in [2.45, 2.75) is 37.5 Å². The molecule has 27 heavy (non-hydrogen) atoms. The van der Waals surface area contributed by atoms with E-state index < -0.39 is 34.6 Å². The van der Waals surface area contributed by atoms with E-state index in [1.807, 2.05) is 0 Å². The molecule has 3 heterocycles. The van der Waals surface area contributed by atoms with E-state index in [0.717, 1.165) is 0 Å². The third kappa shape index (κ3) is 4.44. The molecule has 6 N–H and O–H groups in total. The normalized spacial score (nSPS) is 23.6. The zero-order valence-electron chi connectivity index (χ0n) is 14.0. The van der Waals surface area contributed by atoms with Gasteiger partial charge in [-0.25, -0.2) is 4.79 Å². The largest absolute Gasteiger partial charge is 0.423 e. The maximum Gasteiger partial charge on any atom is 0.418 e. The maximum absolute atomic E-state index is 12.4. The van der Waals surface area contributed by atoms with Crippen LogP contribution in [-0.2, 0) is 21.1 Å². The molecule has 2 bridgehead atoms. The van der Waals surface area contributed by atoms with Gasteiger partial charge in [0.25, 0.3) is 0 Å². The highest BCUT2D eigenvalue weighted by Gasteiger charge is 2.49. The van der Waals surface area contributed by atoms with Crippen molar-refractivity contribution in [1.82, 2.24) is 20.2 Å². The molecule has 3 rings (SSSR count). The van der Waals surface area contributed by atoms with Crippen LogP contribution in [-0.4, -0.2) is 75.5 Å². The Kier molecular flexibility index (Phi) is 5.18. The molecule has 0 unspecified atom stereocenters. The fraction of sp³-hybridized carbons (Fsp3) is 0.667. The predicted molar refractivity (Wildman–Crippen MR) is 87.0 cm³/mol. The van der Waals surface area contributed by atoms with Crippen LogP contribution in [0.5, 0.6) is 0 Å². The Hall–Kier alpha value is -2.49. The van der Waals surface area contributed by atoms with Crippen LogP contribution in [0.15, 0.2) is 9.41 Å². The molecule has 0 saturated carbocycles. The van der Waals surface area contributed by atoms with Crippen molar-refractivity contribution in [1.29, 1.82) is 0 Å². The Bertz CT molecular complexity index is 837. The molecule has 2 amide bonds. The highest BCUT2D eigenvalue weighted by atomic mass is 32.3. The van der Waals surface area contributed by atoms with Gasteiger partial charge in [0.1, 0.15) is 6.04 Å². The molecule has 0 spiro atoms. The number of aromatic nitrogens is 2. The zero-order chi connectivity index (χ0) is 19.8. The Morgan fingerprint density at radius 3 is 2.81 bits per heavy atom. The summed E-state index contributed by atoms with van der Waals surface area (Å²) in [6, 6.07) is -1.81. The monoisotopic (exact) mass is 405 g/mol. The minimum absolute atomic E-state index is 0.0189. The number of carbonyl (C=O) groups is 1. The summed E-state index contributed by atoms with van der Waals surface area (Å²) in [5, 5.41) is 18.2. The summed E-state index contributed by atoms with van der Waals surface area (Å²) in [6.45, 7) is 0.154. The molecule has 15 heteroatoms. The summed E-state index contributed by atoms with van der Waals surface area (Å²) in [4.78, 5) is 17.4. The number of hydroxylamine groups is 2. The first-order valence-electron chi connectivity index (χ1n) is 7.96. The number of rotatable bonds is 7. The van der Waals surface area contributed by atoms with Crippen molar-refractivity contribution in [3.05, 3.63) is 11.8 Å². The average Bonchev–Trinajstić information content (AvgIpc) is 3.12. The number of amides is 2. The van der Waals surface area contributed by atoms with Crippen LogP contribution in [0.2, 0.25) is 0 Å². The first-order chi connectivity index (χ1) is 12.6. The van der Waals surface area contributed by atoms with Crippen LogP contribution in [0, 0.1) is 0 Å². The highest BCUT2D eigenvalue weighted by Crippen LogP contribution is 2.38. The Morgan fingerprint density at radius 1 is 1.41 bits per heavy atom. The van der Waals surface area contributed by atoms with E-state index >= 15 is 0 Å². The number of aliphatic hydroxyl groups is 1. The number of aliphatic imine (C=N–C) groups is 1. The first kappa shape index (κ1) is 19.3. The molecule has 0 radical (unpaired) electrons. The number of carbonyl (C=O) groups excluding carboxylic acids is 1. The van der Waals surface area contributed by atoms with E-state index in [1.165, 1.54) is 4.90 Å². The lowest BCUT2D eigenvalue weighted by Gasteiger charge is -2.27. The third-order valence-corrected chi connectivity index (χ3v) is 4.51. The van der Waals surface area contributed by atoms with E-state index in [9.17, 15) is 18.3 Å². The van der Waals surface area contributed by atoms with Gasteiger partial charge in [0, 0.05) is 6.54 Å². The molecule has 0 aromatic carbocycles. The number of hydrogen-bond donors (Lipinski definition) is 4. The van der Waals surface area contributed by atoms with Gasteiger partial charge in [-0.2, -0.15) is 13.5 Å². The van der Waals surface area contributed by atoms with Crippen LogP contribution >= 0.6 is 0 Å². The Morgan fingerprint density at radius 2 is 2.15 bits per heavy atom. The second-order valence-corrected chi connectivity index (χ2v) is 7.17. The van der Waals surface area contributed by atoms with E-state index in [0.29, 0.717) is 17.9 Å². The first-order valence-corrected chi connectivity index (χ1v) is 9.33. The summed E-state index contributed by atoms with van der Waals surface area (Å²) < 4.78 is 40.5. The second-order valence-electron chi connectivity index (χ2n) is 6.17. The van der Waals surface area contributed by atoms with Gasteiger partial charge in [-0.15, -0.1) is 14.5 Å². The average molecular weight is 405 g/mol. The molecular formula is C12H19N7O7S. The number of piperidine rings is 1. The lowest BCUT2D eigenvalue weighted by Crippen LogP contribution is -2.35. The van der Waals surface area contributed by atoms with Crippen LogP contribution in [0.1, 0.15) is 30.7 Å². The number of fused-ring (bicyclic) bond motifs is 2. The molecule has 2 saturated heterocycles. The lowest BCUT2D eigenvalue weighted by molar-refractivity contribution is -0.0317. The number of hydrogen-bond acceptors (Lipinski definition) is 9. The van der Waals surface area contributed by atoms with Crippen LogP contribution in [0.3, 0.4) is 0 Å². The Balaban J connectivity index is 1.67. The number of nitrogens with two attached hydrogens (primary N) is 2. The molecule has 2 aliphatic heterocycles. The third-order valence-electron chi connectivity index (χ3n) is 4.16. The smallest absolute Gasteiger partial charge is 0.418 e. The van der Waals surface area contributed by atoms with Gasteiger partial charge in [-0.05, 0) is 12.8 Å². The molecular weight excluding hydrogens is 386 g/mol. The molecule has 2 fully saturated rings. The molecule has 150 valence electrons. The summed E-state index contributed by atoms with van der Waals surface area (Å²) >= 11 is 0. The van der Waals surface area contributed by atoms with E-state index in [4.69, 9.17) is 20.4 Å². The van der Waals surface area contributed by atoms with Gasteiger partial charge < -0.3 is 25.9 Å². The van der Waals surface area contributed by atoms with E-state index in [2.05, 4.69) is 19.5 Å². The minimum atomic E-state index is -4.81. The predicted octanol–water partition coefficient (Wildman–Crippen LogP) is -2.08. The van der Waals surface area contributed by atoms with Crippen molar-refractivity contribution in [2.75, 3.05) is 13.1 Å². The SMILES string of the molecule is NC(N)=NC[C@@H](O)Cc1nnc([C@@H]2CC[C@@H]3CN2C(=O)N3OS(=O)(=O)O)o1. The minimum Gasteiger partial charge on any atom is -0.423 e. The van der Waals surface area contributed by atoms with Crippen molar-refractivity contribution < 1.29 is 31.6 Å². The summed E-state index contributed by atoms with van der Waals surface area (Å²) in [7, 11) is -4.81. The highest BCUT2D eigenvalue weighted by molar-refractivity contribution is 7.80. The van der Waals surface area contributed by atoms with Crippen molar-refractivity contribution >= 4 is 22.4 Å². The fourth-order valence-corrected chi connectivity index (χ4v) is 3.44. The zero-order valence-corrected chi connectivity index (χ0v) is 14.8. The van der Waals surface area contributed by atoms with Crippen LogP contribution in [0.4, 0.5) is 4.79 Å². The number of nitrogens with zero attached hydrogens (tertiary/aromatic N) is 5. The maximum atomic E-state index is 12.4. The van der Waals surface area contributed by atoms with Gasteiger partial charge in [0.2, 0.25) is 11.8 Å². The van der Waals surface area contributed by atoms with Crippen molar-refractivity contribution in [3.8, 4) is 0 Å². The summed E-state index contributed by atoms with van der Waals surface area (Å²) in [5.74, 6) is 0.142. The van der Waals surface area contributed by atoms with Gasteiger partial charge in [0.05, 0.1) is 25.1 Å². The molecule has 1 aromatic rings. The number of urea groups is 1. The molecule has 1 aromatic heterocycles. The van der Waals surface area contributed by atoms with E-state index in [-0.39, 0.29) is 37.3 Å². The van der Waals surface area contributed by atoms with Crippen LogP contribution in [0.25, 0.3) is 0 Å². The topological polar surface area (TPSA) is 211 Å². The van der Waals surface area contributed by atoms with E-state index in [1.54, 1.807) is 0 Å². The second kappa shape index (κ2) is 7.26. The quantitative estimate of drug-likeness (QED) is 0.219. The van der Waals surface area contributed by atoms with Crippen LogP contribution < -0.4 is 11.5 Å². The summed E-state index contributed by atoms with van der Waals surface area (Å²) in [6.07, 6.45) is -0.0682. The van der Waals surface area contributed by atoms with Crippen molar-refractivity contribution in [3.63, 3.8) is 0 Å². The van der Waals surface area contributed by atoms with Crippen molar-refractivity contribution in [2.24, 2.45) is 16.5 Å². The van der Waals surface area contributed by atoms with Gasteiger partial charge in [-0.3, -0.25) is 9.55 Å². The lowest BCUT2D eigenvalue weighted by atomic mass is 10.0. The summed E-state index contributed by atoms with van der Waals surface area (Å²) in [5.41, 5.74) is 10.4.